The molecule has 4 heteroatoms. The molecule has 2 aromatic rings. The molecule has 19 heavy (non-hydrogen) atoms. The summed E-state index contributed by atoms with van der Waals surface area (Å²) < 4.78 is 0. The van der Waals surface area contributed by atoms with Gasteiger partial charge >= 0.3 is 0 Å². The van der Waals surface area contributed by atoms with E-state index in [9.17, 15) is 9.59 Å². The van der Waals surface area contributed by atoms with Crippen molar-refractivity contribution < 1.29 is 9.59 Å². The van der Waals surface area contributed by atoms with Crippen LogP contribution >= 0.6 is 0 Å². The van der Waals surface area contributed by atoms with Crippen molar-refractivity contribution in [1.29, 1.82) is 0 Å². The second-order valence-electron chi connectivity index (χ2n) is 4.34. The van der Waals surface area contributed by atoms with E-state index in [1.165, 1.54) is 0 Å². The van der Waals surface area contributed by atoms with Crippen LogP contribution in [0.15, 0.2) is 48.5 Å². The number of para-hydroxylation sites is 1. The summed E-state index contributed by atoms with van der Waals surface area (Å²) in [5.74, 6) is -0.139. The third kappa shape index (κ3) is 1.97. The Bertz CT molecular complexity index is 652. The zero-order chi connectivity index (χ0) is 13.2. The summed E-state index contributed by atoms with van der Waals surface area (Å²) >= 11 is 0. The average molecular weight is 252 g/mol. The largest absolute Gasteiger partial charge is 0.361 e. The van der Waals surface area contributed by atoms with E-state index < -0.39 is 0 Å². The van der Waals surface area contributed by atoms with Gasteiger partial charge in [0.15, 0.2) is 0 Å². The van der Waals surface area contributed by atoms with Gasteiger partial charge in [-0.2, -0.15) is 0 Å². The minimum absolute atomic E-state index is 0.139. The lowest BCUT2D eigenvalue weighted by Gasteiger charge is -2.28. The fourth-order valence-electron chi connectivity index (χ4n) is 2.24. The first-order valence-corrected chi connectivity index (χ1v) is 6.00. The standard InChI is InChI=1S/C15H12N2O2/c18-9-10-5-1-2-6-11(10)14-16-13-8-4-3-7-12(13)15(19)17-14/h1-9,14,16H,(H,17,19). The molecule has 1 aliphatic heterocycles. The number of hydrogen-bond acceptors (Lipinski definition) is 3. The van der Waals surface area contributed by atoms with Crippen molar-refractivity contribution in [2.75, 3.05) is 5.32 Å². The van der Waals surface area contributed by atoms with Crippen LogP contribution in [0, 0.1) is 0 Å². The quantitative estimate of drug-likeness (QED) is 0.807. The van der Waals surface area contributed by atoms with Gasteiger partial charge in [-0.25, -0.2) is 0 Å². The maximum absolute atomic E-state index is 12.0. The Morgan fingerprint density at radius 1 is 0.947 bits per heavy atom. The SMILES string of the molecule is O=Cc1ccccc1C1NC(=O)c2ccccc2N1. The van der Waals surface area contributed by atoms with Crippen molar-refractivity contribution >= 4 is 17.9 Å². The molecule has 0 spiro atoms. The van der Waals surface area contributed by atoms with Gasteiger partial charge in [0.2, 0.25) is 0 Å². The molecule has 94 valence electrons. The van der Waals surface area contributed by atoms with Crippen LogP contribution in [0.3, 0.4) is 0 Å². The molecule has 1 heterocycles. The first-order valence-electron chi connectivity index (χ1n) is 6.00. The molecule has 0 aromatic heterocycles. The van der Waals surface area contributed by atoms with Crippen LogP contribution in [0.25, 0.3) is 0 Å². The Morgan fingerprint density at radius 2 is 1.68 bits per heavy atom. The van der Waals surface area contributed by atoms with Crippen LogP contribution in [-0.4, -0.2) is 12.2 Å². The summed E-state index contributed by atoms with van der Waals surface area (Å²) in [5, 5.41) is 6.08. The summed E-state index contributed by atoms with van der Waals surface area (Å²) in [6.07, 6.45) is 0.410. The van der Waals surface area contributed by atoms with E-state index in [1.54, 1.807) is 18.2 Å². The molecule has 1 amide bonds. The number of anilines is 1. The second-order valence-corrected chi connectivity index (χ2v) is 4.34. The van der Waals surface area contributed by atoms with Crippen molar-refractivity contribution in [2.45, 2.75) is 6.17 Å². The highest BCUT2D eigenvalue weighted by Gasteiger charge is 2.25. The molecule has 0 bridgehead atoms. The first kappa shape index (κ1) is 11.5. The molecule has 0 saturated carbocycles. The molecule has 0 aliphatic carbocycles. The Morgan fingerprint density at radius 3 is 2.53 bits per heavy atom. The van der Waals surface area contributed by atoms with Crippen molar-refractivity contribution in [3.05, 3.63) is 65.2 Å². The highest BCUT2D eigenvalue weighted by Crippen LogP contribution is 2.27. The minimum atomic E-state index is -0.385. The highest BCUT2D eigenvalue weighted by molar-refractivity contribution is 6.01. The van der Waals surface area contributed by atoms with E-state index in [-0.39, 0.29) is 12.1 Å². The van der Waals surface area contributed by atoms with Gasteiger partial charge in [-0.15, -0.1) is 0 Å². The van der Waals surface area contributed by atoms with Crippen molar-refractivity contribution in [1.82, 2.24) is 5.32 Å². The molecule has 0 radical (unpaired) electrons. The third-order valence-corrected chi connectivity index (χ3v) is 3.18. The van der Waals surface area contributed by atoms with Gasteiger partial charge in [0, 0.05) is 16.8 Å². The van der Waals surface area contributed by atoms with Gasteiger partial charge in [0.1, 0.15) is 12.5 Å². The van der Waals surface area contributed by atoms with Gasteiger partial charge in [0.05, 0.1) is 5.56 Å². The van der Waals surface area contributed by atoms with Crippen LogP contribution in [0.5, 0.6) is 0 Å². The molecular formula is C15H12N2O2. The lowest BCUT2D eigenvalue weighted by atomic mass is 10.0. The Kier molecular flexibility index (Phi) is 2.76. The van der Waals surface area contributed by atoms with E-state index in [0.29, 0.717) is 11.1 Å². The number of carbonyl (C=O) groups excluding carboxylic acids is 2. The zero-order valence-corrected chi connectivity index (χ0v) is 10.1. The molecular weight excluding hydrogens is 240 g/mol. The maximum Gasteiger partial charge on any atom is 0.255 e. The van der Waals surface area contributed by atoms with Crippen molar-refractivity contribution in [3.8, 4) is 0 Å². The maximum atomic E-state index is 12.0. The third-order valence-electron chi connectivity index (χ3n) is 3.18. The number of nitrogens with one attached hydrogen (secondary N) is 2. The smallest absolute Gasteiger partial charge is 0.255 e. The predicted octanol–water partition coefficient (Wildman–Crippen LogP) is 2.35. The van der Waals surface area contributed by atoms with Crippen LogP contribution in [0.1, 0.15) is 32.4 Å². The van der Waals surface area contributed by atoms with E-state index >= 15 is 0 Å². The number of carbonyl (C=O) groups is 2. The van der Waals surface area contributed by atoms with E-state index in [2.05, 4.69) is 10.6 Å². The molecule has 4 nitrogen and oxygen atoms in total. The first-order chi connectivity index (χ1) is 9.29. The van der Waals surface area contributed by atoms with Gasteiger partial charge in [-0.1, -0.05) is 36.4 Å². The number of hydrogen-bond donors (Lipinski definition) is 2. The second kappa shape index (κ2) is 4.57. The zero-order valence-electron chi connectivity index (χ0n) is 10.1. The average Bonchev–Trinajstić information content (AvgIpc) is 2.47. The number of aldehydes is 1. The van der Waals surface area contributed by atoms with E-state index in [1.807, 2.05) is 30.3 Å². The predicted molar refractivity (Wildman–Crippen MR) is 72.1 cm³/mol. The van der Waals surface area contributed by atoms with Gasteiger partial charge < -0.3 is 10.6 Å². The summed E-state index contributed by atoms with van der Waals surface area (Å²) in [4.78, 5) is 23.1. The number of amides is 1. The fourth-order valence-corrected chi connectivity index (χ4v) is 2.24. The lowest BCUT2D eigenvalue weighted by Crippen LogP contribution is -2.38. The molecule has 0 saturated heterocycles. The normalized spacial score (nSPS) is 17.1. The number of rotatable bonds is 2. The lowest BCUT2D eigenvalue weighted by molar-refractivity contribution is 0.0934. The van der Waals surface area contributed by atoms with Crippen LogP contribution in [0.4, 0.5) is 5.69 Å². The molecule has 1 unspecified atom stereocenters. The van der Waals surface area contributed by atoms with E-state index in [4.69, 9.17) is 0 Å². The molecule has 1 aliphatic rings. The Hall–Kier alpha value is -2.62. The molecule has 0 fully saturated rings. The Balaban J connectivity index is 2.01. The van der Waals surface area contributed by atoms with Gasteiger partial charge in [0.25, 0.3) is 5.91 Å². The summed E-state index contributed by atoms with van der Waals surface area (Å²) in [6, 6.07) is 14.5. The molecule has 3 rings (SSSR count). The number of benzene rings is 2. The summed E-state index contributed by atoms with van der Waals surface area (Å²) in [5.41, 5.74) is 2.72. The molecule has 2 aromatic carbocycles. The fraction of sp³-hybridized carbons (Fsp3) is 0.0667. The minimum Gasteiger partial charge on any atom is -0.361 e. The molecule has 2 N–H and O–H groups in total. The number of fused-ring (bicyclic) bond motifs is 1. The van der Waals surface area contributed by atoms with E-state index in [0.717, 1.165) is 17.5 Å². The topological polar surface area (TPSA) is 58.2 Å². The van der Waals surface area contributed by atoms with Crippen molar-refractivity contribution in [2.24, 2.45) is 0 Å². The monoisotopic (exact) mass is 252 g/mol. The Labute approximate surface area is 110 Å². The van der Waals surface area contributed by atoms with Crippen LogP contribution in [0.2, 0.25) is 0 Å². The van der Waals surface area contributed by atoms with Gasteiger partial charge in [-0.05, 0) is 12.1 Å². The van der Waals surface area contributed by atoms with Gasteiger partial charge in [-0.3, -0.25) is 9.59 Å². The molecule has 1 atom stereocenters. The van der Waals surface area contributed by atoms with Crippen LogP contribution in [-0.2, 0) is 0 Å². The van der Waals surface area contributed by atoms with Crippen LogP contribution < -0.4 is 10.6 Å². The summed E-state index contributed by atoms with van der Waals surface area (Å²) in [6.45, 7) is 0. The van der Waals surface area contributed by atoms with Crippen molar-refractivity contribution in [3.63, 3.8) is 0 Å². The summed E-state index contributed by atoms with van der Waals surface area (Å²) in [7, 11) is 0. The highest BCUT2D eigenvalue weighted by atomic mass is 16.2.